The van der Waals surface area contributed by atoms with Crippen LogP contribution in [0.25, 0.3) is 10.6 Å². The molecule has 1 aromatic carbocycles. The first-order valence-corrected chi connectivity index (χ1v) is 7.22. The van der Waals surface area contributed by atoms with Gasteiger partial charge in [0, 0.05) is 5.69 Å². The van der Waals surface area contributed by atoms with Gasteiger partial charge in [-0.15, -0.1) is 11.3 Å². The number of thiophene rings is 1. The Labute approximate surface area is 128 Å². The molecule has 5 nitrogen and oxygen atoms in total. The number of H-pyrrole nitrogens is 1. The van der Waals surface area contributed by atoms with Crippen molar-refractivity contribution in [2.75, 3.05) is 5.32 Å². The number of amides is 1. The summed E-state index contributed by atoms with van der Waals surface area (Å²) in [5, 5.41) is 4.44. The number of carbonyl (C=O) groups excluding carboxylic acids is 1. The van der Waals surface area contributed by atoms with Gasteiger partial charge in [0.2, 0.25) is 0 Å². The van der Waals surface area contributed by atoms with Crippen molar-refractivity contribution in [3.8, 4) is 10.6 Å². The summed E-state index contributed by atoms with van der Waals surface area (Å²) in [7, 11) is 0. The topological polar surface area (TPSA) is 74.8 Å². The second-order valence-electron chi connectivity index (χ2n) is 4.42. The Balaban J connectivity index is 1.89. The highest BCUT2D eigenvalue weighted by Crippen LogP contribution is 2.22. The Kier molecular flexibility index (Phi) is 3.80. The van der Waals surface area contributed by atoms with Crippen LogP contribution in [0.5, 0.6) is 0 Å². The summed E-state index contributed by atoms with van der Waals surface area (Å²) in [6, 6.07) is 10.5. The van der Waals surface area contributed by atoms with Gasteiger partial charge in [0.25, 0.3) is 5.91 Å². The predicted molar refractivity (Wildman–Crippen MR) is 82.5 cm³/mol. The fourth-order valence-electron chi connectivity index (χ4n) is 1.87. The van der Waals surface area contributed by atoms with Crippen molar-refractivity contribution < 1.29 is 9.18 Å². The van der Waals surface area contributed by atoms with Crippen LogP contribution in [0, 0.1) is 5.82 Å². The quantitative estimate of drug-likeness (QED) is 0.780. The monoisotopic (exact) mass is 315 g/mol. The highest BCUT2D eigenvalue weighted by Gasteiger charge is 2.12. The van der Waals surface area contributed by atoms with E-state index in [0.29, 0.717) is 11.4 Å². The van der Waals surface area contributed by atoms with Gasteiger partial charge in [-0.2, -0.15) is 4.98 Å². The number of anilines is 1. The molecule has 22 heavy (non-hydrogen) atoms. The fraction of sp³-hybridized carbons (Fsp3) is 0. The number of benzene rings is 1. The van der Waals surface area contributed by atoms with Crippen LogP contribution in [0.2, 0.25) is 0 Å². The fourth-order valence-corrected chi connectivity index (χ4v) is 2.56. The first-order chi connectivity index (χ1) is 10.6. The zero-order valence-electron chi connectivity index (χ0n) is 11.2. The highest BCUT2D eigenvalue weighted by atomic mass is 32.1. The van der Waals surface area contributed by atoms with Gasteiger partial charge in [0.1, 0.15) is 11.5 Å². The van der Waals surface area contributed by atoms with E-state index < -0.39 is 17.4 Å². The number of rotatable bonds is 3. The lowest BCUT2D eigenvalue weighted by Crippen LogP contribution is -2.21. The number of halogens is 1. The number of hydrogen-bond acceptors (Lipinski definition) is 4. The van der Waals surface area contributed by atoms with Gasteiger partial charge in [-0.3, -0.25) is 4.79 Å². The molecule has 0 saturated heterocycles. The number of aromatic amines is 1. The van der Waals surface area contributed by atoms with Gasteiger partial charge < -0.3 is 10.3 Å². The van der Waals surface area contributed by atoms with Gasteiger partial charge in [-0.05, 0) is 41.8 Å². The van der Waals surface area contributed by atoms with E-state index in [9.17, 15) is 14.0 Å². The molecule has 110 valence electrons. The molecule has 3 aromatic rings. The van der Waals surface area contributed by atoms with Gasteiger partial charge >= 0.3 is 5.69 Å². The van der Waals surface area contributed by atoms with Crippen molar-refractivity contribution in [2.45, 2.75) is 0 Å². The third-order valence-electron chi connectivity index (χ3n) is 2.87. The van der Waals surface area contributed by atoms with Crippen LogP contribution in [-0.4, -0.2) is 15.9 Å². The molecule has 0 aliphatic rings. The molecule has 2 heterocycles. The van der Waals surface area contributed by atoms with E-state index in [-0.39, 0.29) is 5.69 Å². The Morgan fingerprint density at radius 1 is 1.23 bits per heavy atom. The minimum Gasteiger partial charge on any atom is -0.321 e. The van der Waals surface area contributed by atoms with Gasteiger partial charge in [0.05, 0.1) is 10.6 Å². The van der Waals surface area contributed by atoms with E-state index in [0.717, 1.165) is 4.88 Å². The molecule has 3 rings (SSSR count). The first-order valence-electron chi connectivity index (χ1n) is 6.34. The number of nitrogens with zero attached hydrogens (tertiary/aromatic N) is 1. The van der Waals surface area contributed by atoms with Crippen molar-refractivity contribution >= 4 is 22.9 Å². The Bertz CT molecular complexity index is 857. The lowest BCUT2D eigenvalue weighted by molar-refractivity contribution is 0.102. The minimum absolute atomic E-state index is 0.00326. The summed E-state index contributed by atoms with van der Waals surface area (Å²) in [6.45, 7) is 0. The molecular formula is C15H10FN3O2S. The maximum atomic E-state index is 12.8. The number of nitrogens with one attached hydrogen (secondary N) is 2. The zero-order chi connectivity index (χ0) is 15.5. The third-order valence-corrected chi connectivity index (χ3v) is 3.77. The molecule has 0 spiro atoms. The van der Waals surface area contributed by atoms with Crippen LogP contribution in [0.3, 0.4) is 0 Å². The largest absolute Gasteiger partial charge is 0.346 e. The maximum Gasteiger partial charge on any atom is 0.346 e. The molecule has 0 aliphatic heterocycles. The second-order valence-corrected chi connectivity index (χ2v) is 5.37. The van der Waals surface area contributed by atoms with Crippen molar-refractivity contribution in [3.05, 3.63) is 69.8 Å². The molecule has 0 bridgehead atoms. The van der Waals surface area contributed by atoms with Gasteiger partial charge in [-0.25, -0.2) is 9.18 Å². The first kappa shape index (κ1) is 14.2. The van der Waals surface area contributed by atoms with Crippen LogP contribution in [0.15, 0.2) is 52.6 Å². The Hall–Kier alpha value is -2.80. The minimum atomic E-state index is -0.602. The number of hydrogen-bond donors (Lipinski definition) is 2. The summed E-state index contributed by atoms with van der Waals surface area (Å²) < 4.78 is 12.8. The van der Waals surface area contributed by atoms with E-state index in [4.69, 9.17) is 0 Å². The SMILES string of the molecule is O=C(Nc1ccc(F)cc1)c1cc(-c2cccs2)[nH]c(=O)n1. The number of carbonyl (C=O) groups is 1. The lowest BCUT2D eigenvalue weighted by atomic mass is 10.2. The van der Waals surface area contributed by atoms with Crippen LogP contribution in [0.1, 0.15) is 10.5 Å². The summed E-state index contributed by atoms with van der Waals surface area (Å²) >= 11 is 1.44. The van der Waals surface area contributed by atoms with E-state index in [2.05, 4.69) is 15.3 Å². The average molecular weight is 315 g/mol. The predicted octanol–water partition coefficient (Wildman–Crippen LogP) is 2.89. The molecule has 0 radical (unpaired) electrons. The van der Waals surface area contributed by atoms with E-state index in [1.165, 1.54) is 41.7 Å². The molecule has 0 saturated carbocycles. The molecule has 7 heteroatoms. The Morgan fingerprint density at radius 3 is 2.68 bits per heavy atom. The van der Waals surface area contributed by atoms with E-state index in [1.54, 1.807) is 0 Å². The summed E-state index contributed by atoms with van der Waals surface area (Å²) in [5.74, 6) is -0.928. The van der Waals surface area contributed by atoms with E-state index in [1.807, 2.05) is 17.5 Å². The van der Waals surface area contributed by atoms with Crippen molar-refractivity contribution in [1.82, 2.24) is 9.97 Å². The second kappa shape index (κ2) is 5.90. The zero-order valence-corrected chi connectivity index (χ0v) is 12.0. The number of aromatic nitrogens is 2. The summed E-state index contributed by atoms with van der Waals surface area (Å²) in [6.07, 6.45) is 0. The van der Waals surface area contributed by atoms with Crippen LogP contribution < -0.4 is 11.0 Å². The van der Waals surface area contributed by atoms with Gasteiger partial charge in [0.15, 0.2) is 0 Å². The molecule has 0 unspecified atom stereocenters. The normalized spacial score (nSPS) is 10.4. The lowest BCUT2D eigenvalue weighted by Gasteiger charge is -2.05. The van der Waals surface area contributed by atoms with Crippen LogP contribution in [0.4, 0.5) is 10.1 Å². The summed E-state index contributed by atoms with van der Waals surface area (Å²) in [4.78, 5) is 30.9. The molecule has 2 N–H and O–H groups in total. The molecule has 1 amide bonds. The highest BCUT2D eigenvalue weighted by molar-refractivity contribution is 7.13. The molecule has 0 aliphatic carbocycles. The molecular weight excluding hydrogens is 305 g/mol. The smallest absolute Gasteiger partial charge is 0.321 e. The van der Waals surface area contributed by atoms with Crippen LogP contribution >= 0.6 is 11.3 Å². The average Bonchev–Trinajstić information content (AvgIpc) is 3.03. The Morgan fingerprint density at radius 2 is 2.00 bits per heavy atom. The molecule has 0 atom stereocenters. The van der Waals surface area contributed by atoms with Gasteiger partial charge in [-0.1, -0.05) is 6.07 Å². The van der Waals surface area contributed by atoms with Crippen molar-refractivity contribution in [2.24, 2.45) is 0 Å². The van der Waals surface area contributed by atoms with Crippen LogP contribution in [-0.2, 0) is 0 Å². The third kappa shape index (κ3) is 3.09. The van der Waals surface area contributed by atoms with Crippen molar-refractivity contribution in [1.29, 1.82) is 0 Å². The van der Waals surface area contributed by atoms with E-state index >= 15 is 0 Å². The maximum absolute atomic E-state index is 12.8. The molecule has 0 fully saturated rings. The standard InChI is InChI=1S/C15H10FN3O2S/c16-9-3-5-10(6-4-9)17-14(20)12-8-11(18-15(21)19-12)13-2-1-7-22-13/h1-8H,(H,17,20)(H,18,19,21). The summed E-state index contributed by atoms with van der Waals surface area (Å²) in [5.41, 5.74) is 0.344. The van der Waals surface area contributed by atoms with Crippen molar-refractivity contribution in [3.63, 3.8) is 0 Å². The molecule has 2 aromatic heterocycles.